The van der Waals surface area contributed by atoms with Gasteiger partial charge in [0.15, 0.2) is 12.4 Å². The minimum atomic E-state index is -0.663. The van der Waals surface area contributed by atoms with Gasteiger partial charge in [0.2, 0.25) is 0 Å². The quantitative estimate of drug-likeness (QED) is 0.606. The zero-order valence-electron chi connectivity index (χ0n) is 14.1. The molecule has 1 heterocycles. The van der Waals surface area contributed by atoms with Gasteiger partial charge in [0, 0.05) is 23.8 Å². The summed E-state index contributed by atoms with van der Waals surface area (Å²) < 4.78 is 20.0. The Kier molecular flexibility index (Phi) is 6.16. The molecule has 132 valence electrons. The summed E-state index contributed by atoms with van der Waals surface area (Å²) >= 11 is 0. The number of nitrogens with zero attached hydrogens (tertiary/aromatic N) is 1. The van der Waals surface area contributed by atoms with Gasteiger partial charge in [0.1, 0.15) is 17.3 Å². The van der Waals surface area contributed by atoms with E-state index in [9.17, 15) is 9.59 Å². The summed E-state index contributed by atoms with van der Waals surface area (Å²) in [5.41, 5.74) is 0.669. The van der Waals surface area contributed by atoms with Gasteiger partial charge in [0.25, 0.3) is 5.91 Å². The lowest BCUT2D eigenvalue weighted by Crippen LogP contribution is -2.20. The SMILES string of the molecule is COc1ccc(/C=C/C(=O)OCC(=O)Nc2cc(C)on2)c(OC)c1. The number of methoxy groups -OCH3 is 2. The monoisotopic (exact) mass is 346 g/mol. The number of esters is 1. The Morgan fingerprint density at radius 1 is 1.24 bits per heavy atom. The smallest absolute Gasteiger partial charge is 0.331 e. The van der Waals surface area contributed by atoms with Crippen LogP contribution in [0.15, 0.2) is 34.9 Å². The van der Waals surface area contributed by atoms with Gasteiger partial charge in [-0.2, -0.15) is 0 Å². The molecule has 0 bridgehead atoms. The van der Waals surface area contributed by atoms with E-state index in [0.717, 1.165) is 0 Å². The Morgan fingerprint density at radius 3 is 2.68 bits per heavy atom. The minimum absolute atomic E-state index is 0.261. The van der Waals surface area contributed by atoms with Gasteiger partial charge in [-0.3, -0.25) is 4.79 Å². The summed E-state index contributed by atoms with van der Waals surface area (Å²) in [6.07, 6.45) is 2.73. The highest BCUT2D eigenvalue weighted by molar-refractivity contribution is 5.94. The Labute approximate surface area is 144 Å². The maximum Gasteiger partial charge on any atom is 0.331 e. The normalized spacial score (nSPS) is 10.5. The number of hydrogen-bond acceptors (Lipinski definition) is 7. The van der Waals surface area contributed by atoms with Crippen molar-refractivity contribution in [3.63, 3.8) is 0 Å². The third-order valence-corrected chi connectivity index (χ3v) is 3.08. The standard InChI is InChI=1S/C17H18N2O6/c1-11-8-15(19-25-11)18-16(20)10-24-17(21)7-5-12-4-6-13(22-2)9-14(12)23-3/h4-9H,10H2,1-3H3,(H,18,19,20)/b7-5+. The van der Waals surface area contributed by atoms with E-state index >= 15 is 0 Å². The molecule has 0 saturated carbocycles. The van der Waals surface area contributed by atoms with Crippen LogP contribution in [-0.4, -0.2) is 37.9 Å². The number of carbonyl (C=O) groups excluding carboxylic acids is 2. The molecular formula is C17H18N2O6. The summed E-state index contributed by atoms with van der Waals surface area (Å²) in [7, 11) is 3.06. The number of anilines is 1. The fraction of sp³-hybridized carbons (Fsp3) is 0.235. The summed E-state index contributed by atoms with van der Waals surface area (Å²) in [6, 6.07) is 6.72. The predicted molar refractivity (Wildman–Crippen MR) is 89.4 cm³/mol. The number of nitrogens with one attached hydrogen (secondary N) is 1. The molecule has 2 aromatic rings. The third-order valence-electron chi connectivity index (χ3n) is 3.08. The van der Waals surface area contributed by atoms with Crippen molar-refractivity contribution in [2.45, 2.75) is 6.92 Å². The van der Waals surface area contributed by atoms with E-state index in [1.165, 1.54) is 19.3 Å². The highest BCUT2D eigenvalue weighted by atomic mass is 16.5. The second kappa shape index (κ2) is 8.53. The number of amides is 1. The van der Waals surface area contributed by atoms with Crippen LogP contribution in [0.3, 0.4) is 0 Å². The lowest BCUT2D eigenvalue weighted by atomic mass is 10.2. The van der Waals surface area contributed by atoms with Crippen LogP contribution in [0.25, 0.3) is 6.08 Å². The molecule has 2 rings (SSSR count). The lowest BCUT2D eigenvalue weighted by molar-refractivity contribution is -0.142. The van der Waals surface area contributed by atoms with Crippen molar-refractivity contribution in [1.82, 2.24) is 5.16 Å². The highest BCUT2D eigenvalue weighted by Crippen LogP contribution is 2.25. The molecule has 25 heavy (non-hydrogen) atoms. The van der Waals surface area contributed by atoms with Gasteiger partial charge in [-0.05, 0) is 25.1 Å². The predicted octanol–water partition coefficient (Wildman–Crippen LogP) is 2.20. The summed E-state index contributed by atoms with van der Waals surface area (Å²) in [4.78, 5) is 23.4. The van der Waals surface area contributed by atoms with Crippen LogP contribution < -0.4 is 14.8 Å². The lowest BCUT2D eigenvalue weighted by Gasteiger charge is -2.07. The second-order valence-electron chi connectivity index (χ2n) is 4.92. The van der Waals surface area contributed by atoms with Gasteiger partial charge in [-0.1, -0.05) is 5.16 Å². The Bertz CT molecular complexity index is 781. The van der Waals surface area contributed by atoms with E-state index in [-0.39, 0.29) is 5.82 Å². The van der Waals surface area contributed by atoms with Crippen LogP contribution in [0.1, 0.15) is 11.3 Å². The zero-order chi connectivity index (χ0) is 18.2. The highest BCUT2D eigenvalue weighted by Gasteiger charge is 2.09. The van der Waals surface area contributed by atoms with Crippen molar-refractivity contribution in [3.05, 3.63) is 41.7 Å². The van der Waals surface area contributed by atoms with E-state index in [1.54, 1.807) is 38.3 Å². The Hall–Kier alpha value is -3.29. The maximum absolute atomic E-state index is 11.7. The average Bonchev–Trinajstić information content (AvgIpc) is 3.02. The second-order valence-corrected chi connectivity index (χ2v) is 4.92. The first-order chi connectivity index (χ1) is 12.0. The van der Waals surface area contributed by atoms with Gasteiger partial charge in [0.05, 0.1) is 14.2 Å². The maximum atomic E-state index is 11.7. The largest absolute Gasteiger partial charge is 0.497 e. The summed E-state index contributed by atoms with van der Waals surface area (Å²) in [6.45, 7) is 1.26. The van der Waals surface area contributed by atoms with E-state index in [4.69, 9.17) is 18.7 Å². The van der Waals surface area contributed by atoms with Crippen LogP contribution in [0.5, 0.6) is 11.5 Å². The molecule has 0 aliphatic heterocycles. The first kappa shape index (κ1) is 18.1. The Morgan fingerprint density at radius 2 is 2.04 bits per heavy atom. The van der Waals surface area contributed by atoms with Crippen molar-refractivity contribution in [2.24, 2.45) is 0 Å². The van der Waals surface area contributed by atoms with Crippen molar-refractivity contribution in [2.75, 3.05) is 26.1 Å². The molecule has 0 unspecified atom stereocenters. The van der Waals surface area contributed by atoms with Crippen molar-refractivity contribution < 1.29 is 28.3 Å². The average molecular weight is 346 g/mol. The summed E-state index contributed by atoms with van der Waals surface area (Å²) in [5, 5.41) is 6.05. The van der Waals surface area contributed by atoms with Crippen LogP contribution in [0.2, 0.25) is 0 Å². The van der Waals surface area contributed by atoms with Gasteiger partial charge in [-0.25, -0.2) is 4.79 Å². The number of rotatable bonds is 7. The van der Waals surface area contributed by atoms with Crippen LogP contribution in [-0.2, 0) is 14.3 Å². The summed E-state index contributed by atoms with van der Waals surface area (Å²) in [5.74, 6) is 0.820. The van der Waals surface area contributed by atoms with Crippen molar-refractivity contribution >= 4 is 23.8 Å². The molecule has 0 aliphatic carbocycles. The van der Waals surface area contributed by atoms with Gasteiger partial charge < -0.3 is 24.1 Å². The third kappa shape index (κ3) is 5.38. The van der Waals surface area contributed by atoms with Crippen molar-refractivity contribution in [1.29, 1.82) is 0 Å². The first-order valence-electron chi connectivity index (χ1n) is 7.32. The van der Waals surface area contributed by atoms with Crippen molar-refractivity contribution in [3.8, 4) is 11.5 Å². The molecule has 0 spiro atoms. The van der Waals surface area contributed by atoms with Crippen LogP contribution in [0.4, 0.5) is 5.82 Å². The number of carbonyl (C=O) groups is 2. The molecule has 8 heteroatoms. The van der Waals surface area contributed by atoms with E-state index in [0.29, 0.717) is 22.8 Å². The molecule has 1 amide bonds. The minimum Gasteiger partial charge on any atom is -0.497 e. The molecule has 0 radical (unpaired) electrons. The van der Waals surface area contributed by atoms with Crippen LogP contribution >= 0.6 is 0 Å². The topological polar surface area (TPSA) is 99.9 Å². The van der Waals surface area contributed by atoms with Crippen LogP contribution in [0, 0.1) is 6.92 Å². The van der Waals surface area contributed by atoms with Gasteiger partial charge >= 0.3 is 5.97 Å². The first-order valence-corrected chi connectivity index (χ1v) is 7.32. The fourth-order valence-electron chi connectivity index (χ4n) is 1.90. The molecule has 1 N–H and O–H groups in total. The fourth-order valence-corrected chi connectivity index (χ4v) is 1.90. The Balaban J connectivity index is 1.87. The number of aromatic nitrogens is 1. The number of aryl methyl sites for hydroxylation is 1. The molecule has 0 aliphatic rings. The molecule has 1 aromatic carbocycles. The molecule has 1 aromatic heterocycles. The number of benzene rings is 1. The number of ether oxygens (including phenoxy) is 3. The zero-order valence-corrected chi connectivity index (χ0v) is 14.1. The van der Waals surface area contributed by atoms with E-state index < -0.39 is 18.5 Å². The molecule has 0 atom stereocenters. The molecule has 0 fully saturated rings. The molecule has 8 nitrogen and oxygen atoms in total. The molecular weight excluding hydrogens is 328 g/mol. The number of hydrogen-bond donors (Lipinski definition) is 1. The van der Waals surface area contributed by atoms with E-state index in [2.05, 4.69) is 10.5 Å². The molecule has 0 saturated heterocycles. The van der Waals surface area contributed by atoms with Gasteiger partial charge in [-0.15, -0.1) is 0 Å². The van der Waals surface area contributed by atoms with E-state index in [1.807, 2.05) is 0 Å².